The monoisotopic (exact) mass is 357 g/mol. The Bertz CT molecular complexity index is 1110. The summed E-state index contributed by atoms with van der Waals surface area (Å²) in [7, 11) is 0. The third-order valence-electron chi connectivity index (χ3n) is 5.22. The third-order valence-corrected chi connectivity index (χ3v) is 5.22. The van der Waals surface area contributed by atoms with E-state index in [9.17, 15) is 4.79 Å². The molecule has 0 fully saturated rings. The molecule has 1 aliphatic carbocycles. The molecule has 5 rings (SSSR count). The summed E-state index contributed by atoms with van der Waals surface area (Å²) in [4.78, 5) is 20.3. The maximum absolute atomic E-state index is 12.8. The lowest BCUT2D eigenvalue weighted by molar-refractivity contribution is 0.0927. The summed E-state index contributed by atoms with van der Waals surface area (Å²) in [5.41, 5.74) is 5.71. The SMILES string of the molecule is O=C(N[C@H]1CCCc2c1[nH]c1ccccc21)c1cc(-c2ccncc2)n[nH]1. The van der Waals surface area contributed by atoms with Crippen LogP contribution in [-0.4, -0.2) is 26.1 Å². The Morgan fingerprint density at radius 3 is 2.89 bits per heavy atom. The van der Waals surface area contributed by atoms with Gasteiger partial charge in [0.05, 0.1) is 11.7 Å². The molecule has 1 aliphatic rings. The highest BCUT2D eigenvalue weighted by Gasteiger charge is 2.26. The summed E-state index contributed by atoms with van der Waals surface area (Å²) in [5, 5.41) is 11.5. The van der Waals surface area contributed by atoms with E-state index in [1.54, 1.807) is 18.5 Å². The van der Waals surface area contributed by atoms with Gasteiger partial charge in [0.15, 0.2) is 0 Å². The molecule has 0 spiro atoms. The summed E-state index contributed by atoms with van der Waals surface area (Å²) < 4.78 is 0. The zero-order chi connectivity index (χ0) is 18.2. The largest absolute Gasteiger partial charge is 0.356 e. The molecule has 0 radical (unpaired) electrons. The maximum atomic E-state index is 12.8. The van der Waals surface area contributed by atoms with Crippen molar-refractivity contribution in [2.45, 2.75) is 25.3 Å². The van der Waals surface area contributed by atoms with Crippen molar-refractivity contribution in [3.63, 3.8) is 0 Å². The van der Waals surface area contributed by atoms with Gasteiger partial charge in [-0.15, -0.1) is 0 Å². The summed E-state index contributed by atoms with van der Waals surface area (Å²) in [5.74, 6) is -0.140. The number of hydrogen-bond acceptors (Lipinski definition) is 3. The molecule has 1 aromatic carbocycles. The quantitative estimate of drug-likeness (QED) is 0.522. The molecule has 134 valence electrons. The molecule has 1 amide bonds. The number of hydrogen-bond donors (Lipinski definition) is 3. The lowest BCUT2D eigenvalue weighted by atomic mass is 9.91. The Balaban J connectivity index is 1.40. The van der Waals surface area contributed by atoms with Crippen LogP contribution in [0.4, 0.5) is 0 Å². The topological polar surface area (TPSA) is 86.5 Å². The summed E-state index contributed by atoms with van der Waals surface area (Å²) in [6.45, 7) is 0. The number of para-hydroxylation sites is 1. The Labute approximate surface area is 156 Å². The summed E-state index contributed by atoms with van der Waals surface area (Å²) in [6.07, 6.45) is 6.45. The van der Waals surface area contributed by atoms with E-state index in [1.807, 2.05) is 18.2 Å². The Kier molecular flexibility index (Phi) is 3.74. The molecule has 3 N–H and O–H groups in total. The second kappa shape index (κ2) is 6.39. The number of aryl methyl sites for hydroxylation is 1. The van der Waals surface area contributed by atoms with Gasteiger partial charge in [0.2, 0.25) is 0 Å². The average Bonchev–Trinajstić information content (AvgIpc) is 3.35. The van der Waals surface area contributed by atoms with Gasteiger partial charge in [0.1, 0.15) is 5.69 Å². The van der Waals surface area contributed by atoms with Gasteiger partial charge < -0.3 is 10.3 Å². The van der Waals surface area contributed by atoms with E-state index >= 15 is 0 Å². The number of nitrogens with zero attached hydrogens (tertiary/aromatic N) is 2. The van der Waals surface area contributed by atoms with Crippen LogP contribution in [0, 0.1) is 0 Å². The Morgan fingerprint density at radius 2 is 2.00 bits per heavy atom. The molecule has 3 aromatic heterocycles. The van der Waals surface area contributed by atoms with Gasteiger partial charge in [0.25, 0.3) is 5.91 Å². The number of rotatable bonds is 3. The number of H-pyrrole nitrogens is 2. The molecular formula is C21H19N5O. The van der Waals surface area contributed by atoms with Gasteiger partial charge in [-0.2, -0.15) is 5.10 Å². The van der Waals surface area contributed by atoms with Crippen molar-refractivity contribution < 1.29 is 4.79 Å². The van der Waals surface area contributed by atoms with E-state index in [0.717, 1.165) is 41.7 Å². The number of carbonyl (C=O) groups excluding carboxylic acids is 1. The van der Waals surface area contributed by atoms with Gasteiger partial charge in [-0.05, 0) is 49.1 Å². The Morgan fingerprint density at radius 1 is 1.15 bits per heavy atom. The van der Waals surface area contributed by atoms with Crippen LogP contribution in [0.15, 0.2) is 54.9 Å². The molecule has 0 saturated carbocycles. The van der Waals surface area contributed by atoms with Crippen LogP contribution in [0.25, 0.3) is 22.2 Å². The van der Waals surface area contributed by atoms with E-state index in [2.05, 4.69) is 43.7 Å². The van der Waals surface area contributed by atoms with Gasteiger partial charge in [-0.3, -0.25) is 14.9 Å². The molecule has 0 bridgehead atoms. The fraction of sp³-hybridized carbons (Fsp3) is 0.190. The molecule has 27 heavy (non-hydrogen) atoms. The number of fused-ring (bicyclic) bond motifs is 3. The van der Waals surface area contributed by atoms with Crippen molar-refractivity contribution >= 4 is 16.8 Å². The van der Waals surface area contributed by atoms with Gasteiger partial charge in [0, 0.05) is 34.6 Å². The first-order valence-electron chi connectivity index (χ1n) is 9.16. The van der Waals surface area contributed by atoms with Crippen molar-refractivity contribution in [2.24, 2.45) is 0 Å². The fourth-order valence-electron chi connectivity index (χ4n) is 3.90. The second-order valence-corrected chi connectivity index (χ2v) is 6.88. The van der Waals surface area contributed by atoms with Crippen molar-refractivity contribution in [1.29, 1.82) is 0 Å². The smallest absolute Gasteiger partial charge is 0.269 e. The molecule has 3 heterocycles. The van der Waals surface area contributed by atoms with E-state index in [0.29, 0.717) is 5.69 Å². The van der Waals surface area contributed by atoms with Crippen molar-refractivity contribution in [2.75, 3.05) is 0 Å². The highest BCUT2D eigenvalue weighted by Crippen LogP contribution is 2.34. The van der Waals surface area contributed by atoms with E-state index < -0.39 is 0 Å². The molecular weight excluding hydrogens is 338 g/mol. The lowest BCUT2D eigenvalue weighted by Crippen LogP contribution is -2.31. The minimum Gasteiger partial charge on any atom is -0.356 e. The zero-order valence-corrected chi connectivity index (χ0v) is 14.7. The number of benzene rings is 1. The number of aromatic amines is 2. The molecule has 1 atom stereocenters. The molecule has 0 unspecified atom stereocenters. The minimum atomic E-state index is -0.140. The molecule has 0 saturated heterocycles. The average molecular weight is 357 g/mol. The molecule has 6 nitrogen and oxygen atoms in total. The van der Waals surface area contributed by atoms with Gasteiger partial charge in [-0.1, -0.05) is 18.2 Å². The predicted molar refractivity (Wildman–Crippen MR) is 103 cm³/mol. The Hall–Kier alpha value is -3.41. The minimum absolute atomic E-state index is 0.0127. The number of amides is 1. The van der Waals surface area contributed by atoms with Crippen LogP contribution < -0.4 is 5.32 Å². The first-order valence-corrected chi connectivity index (χ1v) is 9.16. The number of carbonyl (C=O) groups is 1. The van der Waals surface area contributed by atoms with E-state index in [1.165, 1.54) is 10.9 Å². The van der Waals surface area contributed by atoms with Crippen molar-refractivity contribution in [3.8, 4) is 11.3 Å². The second-order valence-electron chi connectivity index (χ2n) is 6.88. The highest BCUT2D eigenvalue weighted by molar-refractivity contribution is 5.94. The van der Waals surface area contributed by atoms with Crippen LogP contribution in [0.2, 0.25) is 0 Å². The van der Waals surface area contributed by atoms with Gasteiger partial charge in [-0.25, -0.2) is 0 Å². The van der Waals surface area contributed by atoms with Crippen LogP contribution >= 0.6 is 0 Å². The number of nitrogens with one attached hydrogen (secondary N) is 3. The standard InChI is InChI=1S/C21H19N5O/c27-21(19-12-18(25-26-19)13-8-10-22-11-9-13)24-17-7-3-5-15-14-4-1-2-6-16(14)23-20(15)17/h1-2,4,6,8-12,17,23H,3,5,7H2,(H,24,27)(H,25,26)/t17-/m0/s1. The molecule has 0 aliphatic heterocycles. The van der Waals surface area contributed by atoms with E-state index in [4.69, 9.17) is 0 Å². The van der Waals surface area contributed by atoms with Crippen molar-refractivity contribution in [3.05, 3.63) is 71.8 Å². The fourth-order valence-corrected chi connectivity index (χ4v) is 3.90. The first-order chi connectivity index (χ1) is 13.3. The summed E-state index contributed by atoms with van der Waals surface area (Å²) in [6, 6.07) is 13.8. The normalized spacial score (nSPS) is 16.2. The van der Waals surface area contributed by atoms with Crippen LogP contribution in [0.1, 0.15) is 40.6 Å². The highest BCUT2D eigenvalue weighted by atomic mass is 16.2. The third kappa shape index (κ3) is 2.79. The van der Waals surface area contributed by atoms with Crippen LogP contribution in [0.5, 0.6) is 0 Å². The van der Waals surface area contributed by atoms with Crippen molar-refractivity contribution in [1.82, 2.24) is 25.5 Å². The molecule has 6 heteroatoms. The first kappa shape index (κ1) is 15.8. The van der Waals surface area contributed by atoms with E-state index in [-0.39, 0.29) is 11.9 Å². The van der Waals surface area contributed by atoms with Crippen LogP contribution in [-0.2, 0) is 6.42 Å². The molecule has 4 aromatic rings. The zero-order valence-electron chi connectivity index (χ0n) is 14.7. The summed E-state index contributed by atoms with van der Waals surface area (Å²) >= 11 is 0. The predicted octanol–water partition coefficient (Wildman–Crippen LogP) is 3.76. The lowest BCUT2D eigenvalue weighted by Gasteiger charge is -2.23. The number of aromatic nitrogens is 4. The van der Waals surface area contributed by atoms with Crippen LogP contribution in [0.3, 0.4) is 0 Å². The van der Waals surface area contributed by atoms with Gasteiger partial charge >= 0.3 is 0 Å². The maximum Gasteiger partial charge on any atom is 0.269 e. The number of pyridine rings is 1.